The van der Waals surface area contributed by atoms with E-state index in [1.165, 1.54) is 38.0 Å². The Morgan fingerprint density at radius 2 is 1.67 bits per heavy atom. The maximum atomic E-state index is 12.9. The van der Waals surface area contributed by atoms with Crippen LogP contribution < -0.4 is 20.3 Å². The van der Waals surface area contributed by atoms with Crippen LogP contribution in [0.4, 0.5) is 0 Å². The van der Waals surface area contributed by atoms with Crippen LogP contribution in [-0.4, -0.2) is 41.8 Å². The summed E-state index contributed by atoms with van der Waals surface area (Å²) in [5.74, 6) is -0.822. The van der Waals surface area contributed by atoms with E-state index >= 15 is 0 Å². The fraction of sp³-hybridized carbons (Fsp3) is 0.421. The van der Waals surface area contributed by atoms with E-state index in [9.17, 15) is 14.4 Å². The average Bonchev–Trinajstić information content (AvgIpc) is 2.62. The van der Waals surface area contributed by atoms with Crippen LogP contribution in [0.2, 0.25) is 0 Å². The summed E-state index contributed by atoms with van der Waals surface area (Å²) in [7, 11) is 2.91. The van der Waals surface area contributed by atoms with Crippen molar-refractivity contribution in [1.82, 2.24) is 9.88 Å². The van der Waals surface area contributed by atoms with Crippen LogP contribution in [-0.2, 0) is 11.3 Å². The molecule has 0 bridgehead atoms. The molecule has 0 radical (unpaired) electrons. The predicted molar refractivity (Wildman–Crippen MR) is 101 cm³/mol. The molecule has 1 amide bonds. The van der Waals surface area contributed by atoms with Gasteiger partial charge >= 0.3 is 5.97 Å². The van der Waals surface area contributed by atoms with E-state index in [0.717, 1.165) is 0 Å². The molecule has 1 aromatic carbocycles. The summed E-state index contributed by atoms with van der Waals surface area (Å²) in [4.78, 5) is 36.7. The van der Waals surface area contributed by atoms with Crippen molar-refractivity contribution in [2.24, 2.45) is 5.92 Å². The fourth-order valence-electron chi connectivity index (χ4n) is 2.76. The molecule has 1 unspecified atom stereocenters. The lowest BCUT2D eigenvalue weighted by Gasteiger charge is -2.17. The van der Waals surface area contributed by atoms with Crippen molar-refractivity contribution in [3.63, 3.8) is 0 Å². The van der Waals surface area contributed by atoms with Gasteiger partial charge in [0.05, 0.1) is 25.2 Å². The summed E-state index contributed by atoms with van der Waals surface area (Å²) >= 11 is 0. The normalized spacial score (nSPS) is 12.1. The number of aliphatic carboxylic acids is 1. The maximum Gasteiger partial charge on any atom is 0.325 e. The second kappa shape index (κ2) is 8.11. The monoisotopic (exact) mass is 376 g/mol. The number of methoxy groups -OCH3 is 2. The van der Waals surface area contributed by atoms with Crippen molar-refractivity contribution in [3.8, 4) is 11.5 Å². The zero-order valence-electron chi connectivity index (χ0n) is 16.0. The van der Waals surface area contributed by atoms with E-state index in [1.807, 2.05) is 13.8 Å². The minimum Gasteiger partial charge on any atom is -0.493 e. The molecule has 2 aromatic rings. The number of pyridine rings is 1. The lowest BCUT2D eigenvalue weighted by atomic mass is 10.0. The minimum absolute atomic E-state index is 0.175. The quantitative estimate of drug-likeness (QED) is 0.764. The van der Waals surface area contributed by atoms with Crippen LogP contribution in [0.1, 0.15) is 31.1 Å². The Morgan fingerprint density at radius 1 is 1.11 bits per heavy atom. The van der Waals surface area contributed by atoms with Crippen LogP contribution in [0.15, 0.2) is 23.1 Å². The number of benzene rings is 1. The third kappa shape index (κ3) is 4.21. The Labute approximate surface area is 156 Å². The standard InChI is InChI=1S/C19H24N2O6/c1-10(2)8-21-9-14(17(22)20-11(3)19(24)25)12-6-15(26-4)16(27-5)7-13(12)18(21)23/h6-7,9-11H,8H2,1-5H3,(H,20,22)(H,24,25). The Kier molecular flexibility index (Phi) is 6.09. The first-order chi connectivity index (χ1) is 12.7. The Bertz CT molecular complexity index is 932. The molecule has 1 aromatic heterocycles. The molecule has 8 nitrogen and oxygen atoms in total. The van der Waals surface area contributed by atoms with Crippen molar-refractivity contribution in [2.45, 2.75) is 33.4 Å². The number of rotatable bonds is 7. The summed E-state index contributed by atoms with van der Waals surface area (Å²) in [5.41, 5.74) is -0.0678. The summed E-state index contributed by atoms with van der Waals surface area (Å²) in [6.45, 7) is 5.70. The third-order valence-electron chi connectivity index (χ3n) is 4.11. The van der Waals surface area contributed by atoms with E-state index in [1.54, 1.807) is 6.07 Å². The molecule has 0 aliphatic carbocycles. The number of carboxylic acids is 1. The van der Waals surface area contributed by atoms with E-state index in [4.69, 9.17) is 14.6 Å². The number of fused-ring (bicyclic) bond motifs is 1. The lowest BCUT2D eigenvalue weighted by Crippen LogP contribution is -2.39. The van der Waals surface area contributed by atoms with Crippen molar-refractivity contribution >= 4 is 22.6 Å². The Morgan fingerprint density at radius 3 is 2.15 bits per heavy atom. The van der Waals surface area contributed by atoms with Gasteiger partial charge in [-0.25, -0.2) is 0 Å². The van der Waals surface area contributed by atoms with E-state index in [-0.39, 0.29) is 17.0 Å². The van der Waals surface area contributed by atoms with E-state index < -0.39 is 17.9 Å². The van der Waals surface area contributed by atoms with Gasteiger partial charge in [-0.3, -0.25) is 14.4 Å². The smallest absolute Gasteiger partial charge is 0.325 e. The highest BCUT2D eigenvalue weighted by atomic mass is 16.5. The summed E-state index contributed by atoms with van der Waals surface area (Å²) in [6, 6.07) is 2.01. The highest BCUT2D eigenvalue weighted by Crippen LogP contribution is 2.32. The molecule has 1 heterocycles. The highest BCUT2D eigenvalue weighted by molar-refractivity contribution is 6.08. The number of hydrogen-bond acceptors (Lipinski definition) is 5. The van der Waals surface area contributed by atoms with Gasteiger partial charge in [0, 0.05) is 18.1 Å². The van der Waals surface area contributed by atoms with Crippen molar-refractivity contribution in [1.29, 1.82) is 0 Å². The first-order valence-electron chi connectivity index (χ1n) is 8.52. The van der Waals surface area contributed by atoms with Crippen LogP contribution in [0, 0.1) is 5.92 Å². The molecule has 0 aliphatic rings. The first kappa shape index (κ1) is 20.3. The van der Waals surface area contributed by atoms with Crippen molar-refractivity contribution in [2.75, 3.05) is 14.2 Å². The number of amides is 1. The van der Waals surface area contributed by atoms with Crippen molar-refractivity contribution < 1.29 is 24.2 Å². The van der Waals surface area contributed by atoms with Gasteiger partial charge in [-0.1, -0.05) is 13.8 Å². The lowest BCUT2D eigenvalue weighted by molar-refractivity contribution is -0.138. The molecule has 27 heavy (non-hydrogen) atoms. The fourth-order valence-corrected chi connectivity index (χ4v) is 2.76. The molecule has 8 heteroatoms. The molecule has 2 N–H and O–H groups in total. The zero-order valence-corrected chi connectivity index (χ0v) is 16.0. The van der Waals surface area contributed by atoms with Gasteiger partial charge in [-0.05, 0) is 25.0 Å². The topological polar surface area (TPSA) is 107 Å². The number of hydrogen-bond donors (Lipinski definition) is 2. The maximum absolute atomic E-state index is 12.9. The molecule has 0 saturated carbocycles. The number of aromatic nitrogens is 1. The van der Waals surface area contributed by atoms with Gasteiger partial charge in [-0.15, -0.1) is 0 Å². The Hall–Kier alpha value is -3.03. The number of nitrogens with one attached hydrogen (secondary N) is 1. The van der Waals surface area contributed by atoms with Gasteiger partial charge in [-0.2, -0.15) is 0 Å². The van der Waals surface area contributed by atoms with Crippen LogP contribution in [0.5, 0.6) is 11.5 Å². The number of carbonyl (C=O) groups excluding carboxylic acids is 1. The van der Waals surface area contributed by atoms with Crippen molar-refractivity contribution in [3.05, 3.63) is 34.2 Å². The predicted octanol–water partition coefficient (Wildman–Crippen LogP) is 1.88. The molecule has 0 spiro atoms. The van der Waals surface area contributed by atoms with E-state index in [2.05, 4.69) is 5.32 Å². The molecule has 1 atom stereocenters. The average molecular weight is 376 g/mol. The number of carboxylic acid groups (broad SMARTS) is 1. The molecule has 146 valence electrons. The molecule has 0 aliphatic heterocycles. The summed E-state index contributed by atoms with van der Waals surface area (Å²) < 4.78 is 12.0. The molecule has 0 fully saturated rings. The SMILES string of the molecule is COc1cc2c(C(=O)NC(C)C(=O)O)cn(CC(C)C)c(=O)c2cc1OC. The van der Waals surface area contributed by atoms with Crippen LogP contribution >= 0.6 is 0 Å². The third-order valence-corrected chi connectivity index (χ3v) is 4.11. The Balaban J connectivity index is 2.75. The molecule has 0 saturated heterocycles. The van der Waals surface area contributed by atoms with Crippen LogP contribution in [0.25, 0.3) is 10.8 Å². The summed E-state index contributed by atoms with van der Waals surface area (Å²) in [5, 5.41) is 12.1. The van der Waals surface area contributed by atoms with Gasteiger partial charge in [0.1, 0.15) is 6.04 Å². The van der Waals surface area contributed by atoms with Gasteiger partial charge in [0.25, 0.3) is 11.5 Å². The van der Waals surface area contributed by atoms with Gasteiger partial charge < -0.3 is 24.5 Å². The zero-order chi connectivity index (χ0) is 20.3. The largest absolute Gasteiger partial charge is 0.493 e. The number of nitrogens with zero attached hydrogens (tertiary/aromatic N) is 1. The number of ether oxygens (including phenoxy) is 2. The highest BCUT2D eigenvalue weighted by Gasteiger charge is 2.21. The minimum atomic E-state index is -1.15. The first-order valence-corrected chi connectivity index (χ1v) is 8.52. The van der Waals surface area contributed by atoms with Gasteiger partial charge in [0.15, 0.2) is 11.5 Å². The van der Waals surface area contributed by atoms with E-state index in [0.29, 0.717) is 28.8 Å². The van der Waals surface area contributed by atoms with Crippen LogP contribution in [0.3, 0.4) is 0 Å². The van der Waals surface area contributed by atoms with Gasteiger partial charge in [0.2, 0.25) is 0 Å². The second-order valence-electron chi connectivity index (χ2n) is 6.68. The molecular weight excluding hydrogens is 352 g/mol. The number of carbonyl (C=O) groups is 2. The molecular formula is C19H24N2O6. The summed E-state index contributed by atoms with van der Waals surface area (Å²) in [6.07, 6.45) is 1.46. The molecule has 2 rings (SSSR count). The second-order valence-corrected chi connectivity index (χ2v) is 6.68.